The summed E-state index contributed by atoms with van der Waals surface area (Å²) in [5.74, 6) is -0.617. The van der Waals surface area contributed by atoms with Gasteiger partial charge in [-0.15, -0.1) is 0 Å². The fourth-order valence-electron chi connectivity index (χ4n) is 4.24. The molecular weight excluding hydrogens is 440 g/mol. The molecule has 0 aromatic heterocycles. The lowest BCUT2D eigenvalue weighted by Gasteiger charge is -2.27. The van der Waals surface area contributed by atoms with Crippen LogP contribution >= 0.6 is 0 Å². The minimum atomic E-state index is -1.01. The molecule has 0 radical (unpaired) electrons. The van der Waals surface area contributed by atoms with E-state index in [1.165, 1.54) is 5.56 Å². The van der Waals surface area contributed by atoms with Crippen LogP contribution in [-0.4, -0.2) is 35.7 Å². The number of anilines is 1. The van der Waals surface area contributed by atoms with Crippen LogP contribution in [0.1, 0.15) is 37.5 Å². The first-order chi connectivity index (χ1) is 16.7. The second kappa shape index (κ2) is 10.3. The zero-order valence-electron chi connectivity index (χ0n) is 20.4. The first-order valence-corrected chi connectivity index (χ1v) is 11.9. The molecule has 0 saturated heterocycles. The van der Waals surface area contributed by atoms with Gasteiger partial charge in [0.15, 0.2) is 0 Å². The molecule has 1 aliphatic heterocycles. The summed E-state index contributed by atoms with van der Waals surface area (Å²) in [6.45, 7) is 6.90. The molecule has 0 saturated carbocycles. The molecule has 0 spiro atoms. The van der Waals surface area contributed by atoms with Crippen LogP contribution in [0, 0.1) is 0 Å². The van der Waals surface area contributed by atoms with Gasteiger partial charge in [0.2, 0.25) is 5.91 Å². The number of fused-ring (bicyclic) bond motifs is 1. The Kier molecular flexibility index (Phi) is 7.22. The smallest absolute Gasteiger partial charge is 0.321 e. The molecule has 35 heavy (non-hydrogen) atoms. The second-order valence-corrected chi connectivity index (χ2v) is 9.95. The van der Waals surface area contributed by atoms with Gasteiger partial charge in [-0.25, -0.2) is 0 Å². The first kappa shape index (κ1) is 24.5. The van der Waals surface area contributed by atoms with Crippen molar-refractivity contribution in [3.05, 3.63) is 95.6 Å². The number of carbonyl (C=O) groups is 2. The summed E-state index contributed by atoms with van der Waals surface area (Å²) in [6, 6.07) is 23.4. The minimum absolute atomic E-state index is 0.0387. The molecule has 0 fully saturated rings. The van der Waals surface area contributed by atoms with Crippen LogP contribution in [0.2, 0.25) is 0 Å². The molecule has 182 valence electrons. The van der Waals surface area contributed by atoms with Crippen molar-refractivity contribution in [2.75, 3.05) is 11.5 Å². The summed E-state index contributed by atoms with van der Waals surface area (Å²) in [5.41, 5.74) is 3.81. The maximum absolute atomic E-state index is 13.7. The molecule has 2 N–H and O–H groups in total. The molecule has 3 aromatic carbocycles. The van der Waals surface area contributed by atoms with Crippen molar-refractivity contribution < 1.29 is 19.4 Å². The van der Waals surface area contributed by atoms with Gasteiger partial charge >= 0.3 is 5.97 Å². The van der Waals surface area contributed by atoms with Crippen molar-refractivity contribution in [3.8, 4) is 5.75 Å². The maximum Gasteiger partial charge on any atom is 0.321 e. The van der Waals surface area contributed by atoms with Crippen molar-refractivity contribution in [2.45, 2.75) is 51.2 Å². The molecule has 0 aliphatic carbocycles. The number of rotatable bonds is 7. The van der Waals surface area contributed by atoms with E-state index < -0.39 is 18.1 Å². The largest absolute Gasteiger partial charge is 0.489 e. The van der Waals surface area contributed by atoms with Crippen molar-refractivity contribution in [2.24, 2.45) is 0 Å². The number of hydrogen-bond donors (Lipinski definition) is 2. The first-order valence-electron chi connectivity index (χ1n) is 11.9. The van der Waals surface area contributed by atoms with E-state index in [2.05, 4.69) is 38.2 Å². The molecular formula is C29H32N2O4. The van der Waals surface area contributed by atoms with E-state index in [-0.39, 0.29) is 24.3 Å². The Morgan fingerprint density at radius 2 is 1.66 bits per heavy atom. The van der Waals surface area contributed by atoms with E-state index >= 15 is 0 Å². The number of carbonyl (C=O) groups excluding carboxylic acids is 1. The molecule has 0 bridgehead atoms. The number of benzene rings is 3. The molecule has 6 heteroatoms. The van der Waals surface area contributed by atoms with Crippen molar-refractivity contribution in [3.63, 3.8) is 0 Å². The highest BCUT2D eigenvalue weighted by molar-refractivity contribution is 5.99. The van der Waals surface area contributed by atoms with Gasteiger partial charge in [-0.3, -0.25) is 14.9 Å². The third-order valence-electron chi connectivity index (χ3n) is 6.27. The number of nitrogens with one attached hydrogen (secondary N) is 1. The van der Waals surface area contributed by atoms with Crippen molar-refractivity contribution >= 4 is 17.6 Å². The summed E-state index contributed by atoms with van der Waals surface area (Å²) in [6.07, 6.45) is 0.265. The molecule has 1 aliphatic rings. The van der Waals surface area contributed by atoms with E-state index in [0.29, 0.717) is 18.0 Å². The topological polar surface area (TPSA) is 78.9 Å². The Morgan fingerprint density at radius 1 is 1.00 bits per heavy atom. The number of carboxylic acids is 1. The highest BCUT2D eigenvalue weighted by Crippen LogP contribution is 2.33. The number of amides is 1. The lowest BCUT2D eigenvalue weighted by atomic mass is 9.87. The Bertz CT molecular complexity index is 1170. The van der Waals surface area contributed by atoms with Crippen molar-refractivity contribution in [1.29, 1.82) is 0 Å². The summed E-state index contributed by atoms with van der Waals surface area (Å²) < 4.78 is 5.98. The predicted molar refractivity (Wildman–Crippen MR) is 137 cm³/mol. The number of hydrogen-bond acceptors (Lipinski definition) is 4. The fraction of sp³-hybridized carbons (Fsp3) is 0.310. The Balaban J connectivity index is 1.59. The molecule has 0 unspecified atom stereocenters. The van der Waals surface area contributed by atoms with Gasteiger partial charge < -0.3 is 14.7 Å². The minimum Gasteiger partial charge on any atom is -0.489 e. The van der Waals surface area contributed by atoms with Gasteiger partial charge in [-0.05, 0) is 40.7 Å². The third kappa shape index (κ3) is 5.89. The van der Waals surface area contributed by atoms with Crippen LogP contribution in [0.4, 0.5) is 5.69 Å². The Hall–Kier alpha value is -3.64. The van der Waals surface area contributed by atoms with E-state index in [9.17, 15) is 14.7 Å². The molecule has 4 rings (SSSR count). The van der Waals surface area contributed by atoms with Crippen LogP contribution < -0.4 is 15.0 Å². The van der Waals surface area contributed by atoms with Crippen molar-refractivity contribution in [1.82, 2.24) is 5.32 Å². The zero-order valence-corrected chi connectivity index (χ0v) is 20.4. The Morgan fingerprint density at radius 3 is 2.31 bits per heavy atom. The third-order valence-corrected chi connectivity index (χ3v) is 6.27. The Labute approximate surface area is 206 Å². The SMILES string of the molecule is CC(C)(C)c1ccc(CN2C(=O)[C@@H](N[C@@H](Cc3ccccc3)C(=O)O)COc3ccccc32)cc1. The second-order valence-electron chi connectivity index (χ2n) is 9.95. The average Bonchev–Trinajstić information content (AvgIpc) is 2.96. The zero-order chi connectivity index (χ0) is 25.0. The quantitative estimate of drug-likeness (QED) is 0.527. The van der Waals surface area contributed by atoms with Crippen LogP contribution in [0.5, 0.6) is 5.75 Å². The number of carboxylic acid groups (broad SMARTS) is 1. The van der Waals surface area contributed by atoms with E-state index in [1.54, 1.807) is 4.90 Å². The maximum atomic E-state index is 13.7. The summed E-state index contributed by atoms with van der Waals surface area (Å²) >= 11 is 0. The van der Waals surface area contributed by atoms with E-state index in [1.807, 2.05) is 66.7 Å². The van der Waals surface area contributed by atoms with Gasteiger partial charge in [0.25, 0.3) is 0 Å². The van der Waals surface area contributed by atoms with E-state index in [0.717, 1.165) is 11.1 Å². The van der Waals surface area contributed by atoms with Crippen LogP contribution in [0.15, 0.2) is 78.9 Å². The van der Waals surface area contributed by atoms with E-state index in [4.69, 9.17) is 4.74 Å². The number of para-hydroxylation sites is 2. The standard InChI is InChI=1S/C29H32N2O4/c1-29(2,3)22-15-13-21(14-16-22)18-31-25-11-7-8-12-26(25)35-19-24(27(31)32)30-23(28(33)34)17-20-9-5-4-6-10-20/h4-16,23-24,30H,17-19H2,1-3H3,(H,33,34)/t23-,24-/m0/s1. The summed E-state index contributed by atoms with van der Waals surface area (Å²) in [7, 11) is 0. The lowest BCUT2D eigenvalue weighted by Crippen LogP contribution is -2.54. The monoisotopic (exact) mass is 472 g/mol. The summed E-state index contributed by atoms with van der Waals surface area (Å²) in [5, 5.41) is 12.9. The van der Waals surface area contributed by atoms with Gasteiger partial charge in [0, 0.05) is 0 Å². The molecule has 1 heterocycles. The van der Waals surface area contributed by atoms with Crippen LogP contribution in [0.3, 0.4) is 0 Å². The van der Waals surface area contributed by atoms with Crippen LogP contribution in [-0.2, 0) is 28.0 Å². The van der Waals surface area contributed by atoms with Crippen LogP contribution in [0.25, 0.3) is 0 Å². The highest BCUT2D eigenvalue weighted by atomic mass is 16.5. The molecule has 2 atom stereocenters. The lowest BCUT2D eigenvalue weighted by molar-refractivity contribution is -0.140. The van der Waals surface area contributed by atoms with Gasteiger partial charge in [-0.2, -0.15) is 0 Å². The van der Waals surface area contributed by atoms with Gasteiger partial charge in [-0.1, -0.05) is 87.5 Å². The summed E-state index contributed by atoms with van der Waals surface area (Å²) in [4.78, 5) is 27.5. The molecule has 1 amide bonds. The highest BCUT2D eigenvalue weighted by Gasteiger charge is 2.34. The number of aliphatic carboxylic acids is 1. The molecule has 3 aromatic rings. The number of ether oxygens (including phenoxy) is 1. The normalized spacial score (nSPS) is 16.7. The number of nitrogens with zero attached hydrogens (tertiary/aromatic N) is 1. The predicted octanol–water partition coefficient (Wildman–Crippen LogP) is 4.56. The van der Waals surface area contributed by atoms with Gasteiger partial charge in [0.05, 0.1) is 12.2 Å². The molecule has 6 nitrogen and oxygen atoms in total. The average molecular weight is 473 g/mol. The van der Waals surface area contributed by atoms with Gasteiger partial charge in [0.1, 0.15) is 24.4 Å². The fourth-order valence-corrected chi connectivity index (χ4v) is 4.24.